The average molecular weight is 225 g/mol. The predicted molar refractivity (Wildman–Crippen MR) is 64.0 cm³/mol. The molecule has 4 nitrogen and oxygen atoms in total. The summed E-state index contributed by atoms with van der Waals surface area (Å²) in [6.45, 7) is 4.25. The quantitative estimate of drug-likeness (QED) is 0.709. The second-order valence-electron chi connectivity index (χ2n) is 5.12. The van der Waals surface area contributed by atoms with Crippen LogP contribution in [0.1, 0.15) is 32.1 Å². The van der Waals surface area contributed by atoms with Crippen molar-refractivity contribution >= 4 is 5.91 Å². The summed E-state index contributed by atoms with van der Waals surface area (Å²) < 4.78 is 0. The van der Waals surface area contributed by atoms with Gasteiger partial charge in [0.05, 0.1) is 5.92 Å². The summed E-state index contributed by atoms with van der Waals surface area (Å²) in [5.74, 6) is -0.0236. The number of carbonyl (C=O) groups excluding carboxylic acids is 1. The number of nitrogens with two attached hydrogens (primary N) is 1. The zero-order valence-electron chi connectivity index (χ0n) is 9.95. The first-order chi connectivity index (χ1) is 7.75. The fraction of sp³-hybridized carbons (Fsp3) is 0.917. The van der Waals surface area contributed by atoms with Crippen molar-refractivity contribution in [2.75, 3.05) is 26.2 Å². The van der Waals surface area contributed by atoms with Gasteiger partial charge < -0.3 is 16.0 Å². The maximum absolute atomic E-state index is 11.0. The highest BCUT2D eigenvalue weighted by molar-refractivity contribution is 5.77. The topological polar surface area (TPSA) is 58.4 Å². The van der Waals surface area contributed by atoms with Crippen LogP contribution in [0.15, 0.2) is 0 Å². The molecule has 0 radical (unpaired) electrons. The molecular weight excluding hydrogens is 202 g/mol. The molecule has 0 bridgehead atoms. The fourth-order valence-corrected chi connectivity index (χ4v) is 2.83. The lowest BCUT2D eigenvalue weighted by molar-refractivity contribution is -0.121. The van der Waals surface area contributed by atoms with Crippen LogP contribution in [0.25, 0.3) is 0 Å². The molecule has 2 fully saturated rings. The molecule has 2 atom stereocenters. The van der Waals surface area contributed by atoms with Crippen molar-refractivity contribution in [3.8, 4) is 0 Å². The molecule has 0 aromatic carbocycles. The Morgan fingerprint density at radius 1 is 1.44 bits per heavy atom. The summed E-state index contributed by atoms with van der Waals surface area (Å²) >= 11 is 0. The van der Waals surface area contributed by atoms with E-state index < -0.39 is 0 Å². The normalized spacial score (nSPS) is 31.0. The second kappa shape index (κ2) is 5.64. The number of primary amides is 1. The van der Waals surface area contributed by atoms with Gasteiger partial charge in [-0.3, -0.25) is 4.79 Å². The number of nitrogens with one attached hydrogen (secondary N) is 1. The van der Waals surface area contributed by atoms with Crippen molar-refractivity contribution in [1.29, 1.82) is 0 Å². The van der Waals surface area contributed by atoms with Crippen molar-refractivity contribution in [3.05, 3.63) is 0 Å². The average Bonchev–Trinajstić information content (AvgIpc) is 2.87. The van der Waals surface area contributed by atoms with Gasteiger partial charge in [0.25, 0.3) is 0 Å². The Morgan fingerprint density at radius 3 is 2.94 bits per heavy atom. The molecule has 2 aliphatic heterocycles. The van der Waals surface area contributed by atoms with Crippen LogP contribution in [0.3, 0.4) is 0 Å². The summed E-state index contributed by atoms with van der Waals surface area (Å²) in [7, 11) is 0. The molecule has 1 amide bonds. The highest BCUT2D eigenvalue weighted by Crippen LogP contribution is 2.17. The first kappa shape index (κ1) is 11.9. The summed E-state index contributed by atoms with van der Waals surface area (Å²) in [6.07, 6.45) is 6.14. The third-order valence-corrected chi connectivity index (χ3v) is 3.86. The van der Waals surface area contributed by atoms with Crippen molar-refractivity contribution < 1.29 is 4.79 Å². The molecule has 2 saturated heterocycles. The number of amides is 1. The van der Waals surface area contributed by atoms with Gasteiger partial charge in [-0.05, 0) is 51.7 Å². The van der Waals surface area contributed by atoms with Crippen LogP contribution >= 0.6 is 0 Å². The van der Waals surface area contributed by atoms with E-state index in [0.717, 1.165) is 32.1 Å². The van der Waals surface area contributed by atoms with E-state index in [2.05, 4.69) is 10.2 Å². The smallest absolute Gasteiger partial charge is 0.221 e. The van der Waals surface area contributed by atoms with Crippen LogP contribution in [0, 0.1) is 5.92 Å². The fourth-order valence-electron chi connectivity index (χ4n) is 2.83. The summed E-state index contributed by atoms with van der Waals surface area (Å²) in [5, 5.41) is 3.52. The van der Waals surface area contributed by atoms with Crippen molar-refractivity contribution in [3.63, 3.8) is 0 Å². The van der Waals surface area contributed by atoms with E-state index in [9.17, 15) is 4.79 Å². The molecule has 0 aliphatic carbocycles. The SMILES string of the molecule is NC(=O)C1CCN(CCCC2CCCN2)C1. The van der Waals surface area contributed by atoms with E-state index in [0.29, 0.717) is 0 Å². The number of hydrogen-bond donors (Lipinski definition) is 2. The summed E-state index contributed by atoms with van der Waals surface area (Å²) in [6, 6.07) is 0.745. The summed E-state index contributed by atoms with van der Waals surface area (Å²) in [5.41, 5.74) is 5.31. The largest absolute Gasteiger partial charge is 0.369 e. The number of rotatable bonds is 5. The standard InChI is InChI=1S/C12H23N3O/c13-12(16)10-5-8-15(9-10)7-2-4-11-3-1-6-14-11/h10-11,14H,1-9H2,(H2,13,16). The van der Waals surface area contributed by atoms with E-state index in [4.69, 9.17) is 5.73 Å². The van der Waals surface area contributed by atoms with Gasteiger partial charge in [-0.2, -0.15) is 0 Å². The van der Waals surface area contributed by atoms with Gasteiger partial charge >= 0.3 is 0 Å². The molecule has 0 spiro atoms. The Morgan fingerprint density at radius 2 is 2.31 bits per heavy atom. The minimum Gasteiger partial charge on any atom is -0.369 e. The number of hydrogen-bond acceptors (Lipinski definition) is 3. The molecule has 0 saturated carbocycles. The van der Waals surface area contributed by atoms with E-state index >= 15 is 0 Å². The third-order valence-electron chi connectivity index (χ3n) is 3.86. The highest BCUT2D eigenvalue weighted by Gasteiger charge is 2.26. The van der Waals surface area contributed by atoms with E-state index in [1.165, 1.54) is 32.2 Å². The van der Waals surface area contributed by atoms with E-state index in [1.54, 1.807) is 0 Å². The lowest BCUT2D eigenvalue weighted by atomic mass is 10.1. The van der Waals surface area contributed by atoms with Crippen LogP contribution in [0.4, 0.5) is 0 Å². The molecule has 0 aromatic rings. The molecule has 2 rings (SSSR count). The lowest BCUT2D eigenvalue weighted by Gasteiger charge is -2.16. The van der Waals surface area contributed by atoms with Crippen molar-refractivity contribution in [2.45, 2.75) is 38.1 Å². The van der Waals surface area contributed by atoms with Crippen LogP contribution in [0.5, 0.6) is 0 Å². The Bertz CT molecular complexity index is 238. The lowest BCUT2D eigenvalue weighted by Crippen LogP contribution is -2.29. The maximum atomic E-state index is 11.0. The first-order valence-electron chi connectivity index (χ1n) is 6.51. The van der Waals surface area contributed by atoms with Crippen LogP contribution < -0.4 is 11.1 Å². The zero-order chi connectivity index (χ0) is 11.4. The van der Waals surface area contributed by atoms with Crippen LogP contribution in [-0.4, -0.2) is 43.0 Å². The predicted octanol–water partition coefficient (Wildman–Crippen LogP) is 0.326. The minimum atomic E-state index is -0.125. The monoisotopic (exact) mass is 225 g/mol. The van der Waals surface area contributed by atoms with Crippen molar-refractivity contribution in [2.24, 2.45) is 11.7 Å². The molecule has 4 heteroatoms. The van der Waals surface area contributed by atoms with E-state index in [1.807, 2.05) is 0 Å². The van der Waals surface area contributed by atoms with Gasteiger partial charge in [0, 0.05) is 12.6 Å². The van der Waals surface area contributed by atoms with Gasteiger partial charge in [-0.25, -0.2) is 0 Å². The first-order valence-corrected chi connectivity index (χ1v) is 6.51. The van der Waals surface area contributed by atoms with Gasteiger partial charge in [-0.1, -0.05) is 0 Å². The molecular formula is C12H23N3O. The highest BCUT2D eigenvalue weighted by atomic mass is 16.1. The van der Waals surface area contributed by atoms with Crippen LogP contribution in [-0.2, 0) is 4.79 Å². The Kier molecular flexibility index (Phi) is 4.18. The van der Waals surface area contributed by atoms with Gasteiger partial charge in [0.1, 0.15) is 0 Å². The van der Waals surface area contributed by atoms with Gasteiger partial charge in [0.15, 0.2) is 0 Å². The molecule has 2 aliphatic rings. The summed E-state index contributed by atoms with van der Waals surface area (Å²) in [4.78, 5) is 13.4. The minimum absolute atomic E-state index is 0.101. The number of nitrogens with zero attached hydrogens (tertiary/aromatic N) is 1. The Labute approximate surface area is 97.6 Å². The Balaban J connectivity index is 1.58. The molecule has 2 heterocycles. The number of carbonyl (C=O) groups is 1. The molecule has 92 valence electrons. The Hall–Kier alpha value is -0.610. The molecule has 2 unspecified atom stereocenters. The third kappa shape index (κ3) is 3.19. The van der Waals surface area contributed by atoms with E-state index in [-0.39, 0.29) is 11.8 Å². The van der Waals surface area contributed by atoms with Crippen molar-refractivity contribution in [1.82, 2.24) is 10.2 Å². The molecule has 3 N–H and O–H groups in total. The van der Waals surface area contributed by atoms with Gasteiger partial charge in [0.2, 0.25) is 5.91 Å². The van der Waals surface area contributed by atoms with Crippen LogP contribution in [0.2, 0.25) is 0 Å². The molecule has 0 aromatic heterocycles. The molecule has 16 heavy (non-hydrogen) atoms. The maximum Gasteiger partial charge on any atom is 0.221 e. The van der Waals surface area contributed by atoms with Gasteiger partial charge in [-0.15, -0.1) is 0 Å². The second-order valence-corrected chi connectivity index (χ2v) is 5.12. The zero-order valence-corrected chi connectivity index (χ0v) is 9.95. The number of likely N-dealkylation sites (tertiary alicyclic amines) is 1.